The van der Waals surface area contributed by atoms with Crippen molar-refractivity contribution in [3.8, 4) is 0 Å². The summed E-state index contributed by atoms with van der Waals surface area (Å²) in [7, 11) is 0. The Bertz CT molecular complexity index is 858. The average molecular weight is 293 g/mol. The van der Waals surface area contributed by atoms with Gasteiger partial charge in [-0.25, -0.2) is 9.97 Å². The van der Waals surface area contributed by atoms with Gasteiger partial charge >= 0.3 is 0 Å². The van der Waals surface area contributed by atoms with Crippen LogP contribution in [0.4, 0.5) is 11.5 Å². The van der Waals surface area contributed by atoms with E-state index >= 15 is 0 Å². The summed E-state index contributed by atoms with van der Waals surface area (Å²) in [5.41, 5.74) is 4.29. The summed E-state index contributed by atoms with van der Waals surface area (Å²) in [5, 5.41) is 15.6. The number of benzene rings is 2. The van der Waals surface area contributed by atoms with Gasteiger partial charge in [0.1, 0.15) is 6.33 Å². The maximum Gasteiger partial charge on any atom is 0.270 e. The third-order valence-corrected chi connectivity index (χ3v) is 3.01. The smallest absolute Gasteiger partial charge is 0.261 e. The highest BCUT2D eigenvalue weighted by atomic mass is 16.6. The number of hydrogen-bond acceptors (Lipinski definition) is 6. The number of para-hydroxylation sites is 1. The lowest BCUT2D eigenvalue weighted by Gasteiger charge is -2.03. The van der Waals surface area contributed by atoms with Crippen LogP contribution in [0.15, 0.2) is 60.0 Å². The molecule has 0 radical (unpaired) electrons. The van der Waals surface area contributed by atoms with Gasteiger partial charge in [-0.2, -0.15) is 5.10 Å². The van der Waals surface area contributed by atoms with Gasteiger partial charge in [0.15, 0.2) is 5.82 Å². The molecule has 3 rings (SSSR count). The first-order valence-corrected chi connectivity index (χ1v) is 6.47. The Labute approximate surface area is 125 Å². The lowest BCUT2D eigenvalue weighted by molar-refractivity contribution is -0.384. The average Bonchev–Trinajstić information content (AvgIpc) is 2.55. The summed E-state index contributed by atoms with van der Waals surface area (Å²) < 4.78 is 0. The second-order valence-corrected chi connectivity index (χ2v) is 4.46. The largest absolute Gasteiger partial charge is 0.270 e. The van der Waals surface area contributed by atoms with E-state index in [-0.39, 0.29) is 5.69 Å². The minimum Gasteiger partial charge on any atom is -0.261 e. The zero-order valence-corrected chi connectivity index (χ0v) is 11.4. The third-order valence-electron chi connectivity index (χ3n) is 3.01. The van der Waals surface area contributed by atoms with Crippen molar-refractivity contribution in [1.29, 1.82) is 0 Å². The Morgan fingerprint density at radius 2 is 2.00 bits per heavy atom. The summed E-state index contributed by atoms with van der Waals surface area (Å²) in [4.78, 5) is 18.6. The van der Waals surface area contributed by atoms with Crippen LogP contribution in [0.3, 0.4) is 0 Å². The van der Waals surface area contributed by atoms with Crippen molar-refractivity contribution in [3.05, 3.63) is 70.5 Å². The molecule has 0 aliphatic carbocycles. The van der Waals surface area contributed by atoms with Gasteiger partial charge in [0.25, 0.3) is 5.69 Å². The number of nitro groups is 1. The maximum absolute atomic E-state index is 10.7. The first-order valence-electron chi connectivity index (χ1n) is 6.47. The monoisotopic (exact) mass is 293 g/mol. The number of rotatable bonds is 4. The van der Waals surface area contributed by atoms with Crippen molar-refractivity contribution in [2.45, 2.75) is 0 Å². The lowest BCUT2D eigenvalue weighted by Crippen LogP contribution is -1.96. The fourth-order valence-electron chi connectivity index (χ4n) is 1.98. The van der Waals surface area contributed by atoms with Crippen LogP contribution in [-0.2, 0) is 0 Å². The molecular formula is C15H11N5O2. The third kappa shape index (κ3) is 2.88. The fraction of sp³-hybridized carbons (Fsp3) is 0. The molecule has 0 aliphatic rings. The highest BCUT2D eigenvalue weighted by Crippen LogP contribution is 2.18. The molecule has 3 aromatic rings. The SMILES string of the molecule is O=[N+]([O-])c1cccc(/C=N\Nc2ncnc3ccccc23)c1. The van der Waals surface area contributed by atoms with Crippen molar-refractivity contribution in [1.82, 2.24) is 9.97 Å². The van der Waals surface area contributed by atoms with Crippen molar-refractivity contribution in [3.63, 3.8) is 0 Å². The molecule has 22 heavy (non-hydrogen) atoms. The highest BCUT2D eigenvalue weighted by Gasteiger charge is 2.04. The van der Waals surface area contributed by atoms with Gasteiger partial charge in [0.2, 0.25) is 0 Å². The Morgan fingerprint density at radius 1 is 1.14 bits per heavy atom. The van der Waals surface area contributed by atoms with Crippen molar-refractivity contribution in [2.24, 2.45) is 5.10 Å². The van der Waals surface area contributed by atoms with Crippen molar-refractivity contribution >= 4 is 28.6 Å². The summed E-state index contributed by atoms with van der Waals surface area (Å²) in [5.74, 6) is 0.576. The van der Waals surface area contributed by atoms with Crippen LogP contribution in [-0.4, -0.2) is 21.1 Å². The standard InChI is InChI=1S/C15H11N5O2/c21-20(22)12-5-3-4-11(8-12)9-18-19-15-13-6-1-2-7-14(13)16-10-17-15/h1-10H,(H,16,17,19)/b18-9-. The Kier molecular flexibility index (Phi) is 3.69. The van der Waals surface area contributed by atoms with Gasteiger partial charge in [-0.1, -0.05) is 24.3 Å². The molecule has 0 unspecified atom stereocenters. The van der Waals surface area contributed by atoms with Gasteiger partial charge in [0.05, 0.1) is 16.7 Å². The van der Waals surface area contributed by atoms with Gasteiger partial charge in [-0.05, 0) is 12.1 Å². The molecule has 0 amide bonds. The summed E-state index contributed by atoms with van der Waals surface area (Å²) in [6, 6.07) is 13.8. The van der Waals surface area contributed by atoms with E-state index in [0.717, 1.165) is 10.9 Å². The van der Waals surface area contributed by atoms with Crippen LogP contribution in [0.2, 0.25) is 0 Å². The molecular weight excluding hydrogens is 282 g/mol. The first kappa shape index (κ1) is 13.6. The van der Waals surface area contributed by atoms with Crippen LogP contribution < -0.4 is 5.43 Å². The fourth-order valence-corrected chi connectivity index (χ4v) is 1.98. The van der Waals surface area contributed by atoms with E-state index in [1.165, 1.54) is 24.7 Å². The summed E-state index contributed by atoms with van der Waals surface area (Å²) in [6.07, 6.45) is 2.96. The van der Waals surface area contributed by atoms with E-state index in [2.05, 4.69) is 20.5 Å². The second-order valence-electron chi connectivity index (χ2n) is 4.46. The molecule has 0 fully saturated rings. The molecule has 0 saturated heterocycles. The molecule has 2 aromatic carbocycles. The number of anilines is 1. The molecule has 1 N–H and O–H groups in total. The minimum atomic E-state index is -0.442. The van der Waals surface area contributed by atoms with E-state index in [9.17, 15) is 10.1 Å². The molecule has 0 spiro atoms. The number of aromatic nitrogens is 2. The van der Waals surface area contributed by atoms with Crippen molar-refractivity contribution in [2.75, 3.05) is 5.43 Å². The van der Waals surface area contributed by atoms with Crippen LogP contribution in [0.5, 0.6) is 0 Å². The van der Waals surface area contributed by atoms with Gasteiger partial charge < -0.3 is 0 Å². The molecule has 0 saturated carbocycles. The normalized spacial score (nSPS) is 10.9. The molecule has 1 aromatic heterocycles. The molecule has 0 aliphatic heterocycles. The van der Waals surface area contributed by atoms with Crippen LogP contribution in [0, 0.1) is 10.1 Å². The quantitative estimate of drug-likeness (QED) is 0.453. The molecule has 0 atom stereocenters. The van der Waals surface area contributed by atoms with Gasteiger partial charge in [-0.3, -0.25) is 15.5 Å². The van der Waals surface area contributed by atoms with Gasteiger partial charge in [-0.15, -0.1) is 0 Å². The predicted octanol–water partition coefficient (Wildman–Crippen LogP) is 2.98. The number of hydrazone groups is 1. The molecule has 0 bridgehead atoms. The van der Waals surface area contributed by atoms with Gasteiger partial charge in [0, 0.05) is 23.1 Å². The summed E-state index contributed by atoms with van der Waals surface area (Å²) >= 11 is 0. The number of fused-ring (bicyclic) bond motifs is 1. The topological polar surface area (TPSA) is 93.3 Å². The minimum absolute atomic E-state index is 0.0245. The lowest BCUT2D eigenvalue weighted by atomic mass is 10.2. The molecule has 7 nitrogen and oxygen atoms in total. The number of hydrogen-bond donors (Lipinski definition) is 1. The zero-order valence-electron chi connectivity index (χ0n) is 11.4. The molecule has 108 valence electrons. The highest BCUT2D eigenvalue weighted by molar-refractivity contribution is 5.89. The molecule has 1 heterocycles. The van der Waals surface area contributed by atoms with Crippen LogP contribution in [0.1, 0.15) is 5.56 Å². The predicted molar refractivity (Wildman–Crippen MR) is 83.9 cm³/mol. The van der Waals surface area contributed by atoms with E-state index in [1.54, 1.807) is 12.1 Å². The maximum atomic E-state index is 10.7. The second kappa shape index (κ2) is 5.96. The summed E-state index contributed by atoms with van der Waals surface area (Å²) in [6.45, 7) is 0. The van der Waals surface area contributed by atoms with Crippen molar-refractivity contribution < 1.29 is 4.92 Å². The first-order chi connectivity index (χ1) is 10.7. The van der Waals surface area contributed by atoms with E-state index < -0.39 is 4.92 Å². The Balaban J connectivity index is 1.82. The molecule has 7 heteroatoms. The Hall–Kier alpha value is -3.35. The zero-order chi connectivity index (χ0) is 15.4. The van der Waals surface area contributed by atoms with E-state index in [1.807, 2.05) is 24.3 Å². The number of nitrogens with one attached hydrogen (secondary N) is 1. The van der Waals surface area contributed by atoms with E-state index in [4.69, 9.17) is 0 Å². The van der Waals surface area contributed by atoms with Crippen LogP contribution in [0.25, 0.3) is 10.9 Å². The number of nitrogens with zero attached hydrogens (tertiary/aromatic N) is 4. The van der Waals surface area contributed by atoms with Crippen LogP contribution >= 0.6 is 0 Å². The number of non-ortho nitro benzene ring substituents is 1. The van der Waals surface area contributed by atoms with E-state index in [0.29, 0.717) is 11.4 Å². The number of nitro benzene ring substituents is 1. The Morgan fingerprint density at radius 3 is 2.86 bits per heavy atom.